The molecule has 0 bridgehead atoms. The van der Waals surface area contributed by atoms with Crippen molar-refractivity contribution in [1.29, 1.82) is 0 Å². The molecule has 0 atom stereocenters. The van der Waals surface area contributed by atoms with Gasteiger partial charge in [-0.3, -0.25) is 0 Å². The maximum atomic E-state index is 9.69. The largest absolute Gasteiger partial charge is 0.506 e. The van der Waals surface area contributed by atoms with Gasteiger partial charge in [0.2, 0.25) is 0 Å². The van der Waals surface area contributed by atoms with Gasteiger partial charge in [0.05, 0.1) is 5.02 Å². The molecule has 0 aliphatic heterocycles. The van der Waals surface area contributed by atoms with Crippen molar-refractivity contribution in [3.63, 3.8) is 0 Å². The van der Waals surface area contributed by atoms with E-state index in [1.54, 1.807) is 6.07 Å². The summed E-state index contributed by atoms with van der Waals surface area (Å²) in [6, 6.07) is 5.36. The van der Waals surface area contributed by atoms with Crippen molar-refractivity contribution >= 4 is 11.6 Å². The molecule has 0 saturated carbocycles. The highest BCUT2D eigenvalue weighted by Crippen LogP contribution is 2.33. The van der Waals surface area contributed by atoms with E-state index in [9.17, 15) is 5.11 Å². The van der Waals surface area contributed by atoms with Gasteiger partial charge in [0, 0.05) is 11.1 Å². The van der Waals surface area contributed by atoms with Crippen LogP contribution in [0.2, 0.25) is 5.02 Å². The van der Waals surface area contributed by atoms with Crippen LogP contribution in [0, 0.1) is 0 Å². The van der Waals surface area contributed by atoms with Crippen LogP contribution in [0.5, 0.6) is 5.75 Å². The normalized spacial score (nSPS) is 11.7. The Kier molecular flexibility index (Phi) is 2.84. The maximum absolute atomic E-state index is 9.69. The van der Waals surface area contributed by atoms with E-state index in [4.69, 9.17) is 11.6 Å². The third-order valence-electron chi connectivity index (χ3n) is 2.29. The second-order valence-electron chi connectivity index (χ2n) is 3.51. The highest BCUT2D eigenvalue weighted by molar-refractivity contribution is 6.32. The topological polar surface area (TPSA) is 32.3 Å². The molecule has 3 heteroatoms. The first-order valence-electron chi connectivity index (χ1n) is 4.16. The number of hydrogen-bond acceptors (Lipinski definition) is 2. The number of benzene rings is 1. The molecule has 0 spiro atoms. The number of nitrogens with one attached hydrogen (secondary N) is 1. The minimum Gasteiger partial charge on any atom is -0.506 e. The number of rotatable bonds is 2. The molecule has 2 nitrogen and oxygen atoms in total. The Balaban J connectivity index is 3.22. The van der Waals surface area contributed by atoms with E-state index in [0.29, 0.717) is 5.02 Å². The average molecular weight is 200 g/mol. The molecule has 0 saturated heterocycles. The van der Waals surface area contributed by atoms with Crippen LogP contribution in [0.4, 0.5) is 0 Å². The lowest BCUT2D eigenvalue weighted by molar-refractivity contribution is 0.401. The van der Waals surface area contributed by atoms with E-state index >= 15 is 0 Å². The van der Waals surface area contributed by atoms with E-state index in [-0.39, 0.29) is 11.3 Å². The highest BCUT2D eigenvalue weighted by Gasteiger charge is 2.22. The minimum atomic E-state index is -0.269. The van der Waals surface area contributed by atoms with Crippen LogP contribution in [0.25, 0.3) is 0 Å². The molecule has 1 rings (SSSR count). The third-order valence-corrected chi connectivity index (χ3v) is 2.59. The Morgan fingerprint density at radius 3 is 2.54 bits per heavy atom. The molecule has 2 N–H and O–H groups in total. The lowest BCUT2D eigenvalue weighted by Gasteiger charge is -2.25. The van der Waals surface area contributed by atoms with Crippen LogP contribution < -0.4 is 5.32 Å². The molecule has 0 amide bonds. The third kappa shape index (κ3) is 1.95. The zero-order valence-electron chi connectivity index (χ0n) is 8.06. The van der Waals surface area contributed by atoms with E-state index in [0.717, 1.165) is 5.56 Å². The van der Waals surface area contributed by atoms with Crippen molar-refractivity contribution in [3.8, 4) is 5.75 Å². The van der Waals surface area contributed by atoms with Gasteiger partial charge in [0.15, 0.2) is 0 Å². The monoisotopic (exact) mass is 199 g/mol. The van der Waals surface area contributed by atoms with Gasteiger partial charge in [-0.2, -0.15) is 0 Å². The molecule has 72 valence electrons. The molecule has 0 aromatic heterocycles. The zero-order valence-corrected chi connectivity index (χ0v) is 8.81. The van der Waals surface area contributed by atoms with Crippen LogP contribution in [0.1, 0.15) is 19.4 Å². The predicted molar refractivity (Wildman–Crippen MR) is 55.2 cm³/mol. The van der Waals surface area contributed by atoms with Gasteiger partial charge < -0.3 is 10.4 Å². The summed E-state index contributed by atoms with van der Waals surface area (Å²) in [5, 5.41) is 13.2. The predicted octanol–water partition coefficient (Wildman–Crippen LogP) is 2.50. The zero-order chi connectivity index (χ0) is 10.1. The summed E-state index contributed by atoms with van der Waals surface area (Å²) in [5.74, 6) is 0.156. The SMILES string of the molecule is CNC(C)(C)c1cccc(Cl)c1O. The molecule has 0 aliphatic carbocycles. The number of aromatic hydroxyl groups is 1. The summed E-state index contributed by atoms with van der Waals surface area (Å²) in [6.07, 6.45) is 0. The number of hydrogen-bond donors (Lipinski definition) is 2. The number of para-hydroxylation sites is 1. The first-order chi connectivity index (χ1) is 5.99. The molecular weight excluding hydrogens is 186 g/mol. The molecule has 0 heterocycles. The summed E-state index contributed by atoms with van der Waals surface area (Å²) >= 11 is 5.80. The molecule has 0 fully saturated rings. The van der Waals surface area contributed by atoms with E-state index in [1.165, 1.54) is 0 Å². The smallest absolute Gasteiger partial charge is 0.139 e. The highest BCUT2D eigenvalue weighted by atomic mass is 35.5. The first kappa shape index (κ1) is 10.4. The number of phenolic OH excluding ortho intramolecular Hbond substituents is 1. The Bertz CT molecular complexity index is 310. The van der Waals surface area contributed by atoms with Crippen molar-refractivity contribution in [2.24, 2.45) is 0 Å². The molecule has 0 radical (unpaired) electrons. The fourth-order valence-corrected chi connectivity index (χ4v) is 1.33. The fraction of sp³-hybridized carbons (Fsp3) is 0.400. The van der Waals surface area contributed by atoms with Crippen molar-refractivity contribution in [3.05, 3.63) is 28.8 Å². The summed E-state index contributed by atoms with van der Waals surface area (Å²) < 4.78 is 0. The minimum absolute atomic E-state index is 0.156. The second kappa shape index (κ2) is 3.56. The van der Waals surface area contributed by atoms with Gasteiger partial charge in [-0.15, -0.1) is 0 Å². The van der Waals surface area contributed by atoms with Crippen molar-refractivity contribution in [2.45, 2.75) is 19.4 Å². The average Bonchev–Trinajstić information content (AvgIpc) is 2.09. The van der Waals surface area contributed by atoms with Gasteiger partial charge in [-0.05, 0) is 27.0 Å². The summed E-state index contributed by atoms with van der Waals surface area (Å²) in [5.41, 5.74) is 0.539. The van der Waals surface area contributed by atoms with Gasteiger partial charge in [0.1, 0.15) is 5.75 Å². The molecule has 0 aliphatic rings. The van der Waals surface area contributed by atoms with Crippen molar-refractivity contribution in [2.75, 3.05) is 7.05 Å². The lowest BCUT2D eigenvalue weighted by atomic mass is 9.94. The van der Waals surface area contributed by atoms with Crippen LogP contribution in [-0.2, 0) is 5.54 Å². The van der Waals surface area contributed by atoms with Gasteiger partial charge in [-0.25, -0.2) is 0 Å². The van der Waals surface area contributed by atoms with Crippen LogP contribution in [-0.4, -0.2) is 12.2 Å². The molecule has 0 unspecified atom stereocenters. The first-order valence-corrected chi connectivity index (χ1v) is 4.53. The summed E-state index contributed by atoms with van der Waals surface area (Å²) in [6.45, 7) is 3.97. The molecule has 1 aromatic rings. The molecular formula is C10H14ClNO. The van der Waals surface area contributed by atoms with Crippen LogP contribution >= 0.6 is 11.6 Å². The van der Waals surface area contributed by atoms with Gasteiger partial charge >= 0.3 is 0 Å². The standard InChI is InChI=1S/C10H14ClNO/c1-10(2,12-3)7-5-4-6-8(11)9(7)13/h4-6,12-13H,1-3H3. The fourth-order valence-electron chi connectivity index (χ4n) is 1.15. The van der Waals surface area contributed by atoms with E-state index in [1.807, 2.05) is 33.0 Å². The van der Waals surface area contributed by atoms with Gasteiger partial charge in [-0.1, -0.05) is 23.7 Å². The second-order valence-corrected chi connectivity index (χ2v) is 3.92. The molecule has 1 aromatic carbocycles. The Hall–Kier alpha value is -0.730. The Morgan fingerprint density at radius 2 is 2.00 bits per heavy atom. The molecule has 13 heavy (non-hydrogen) atoms. The Morgan fingerprint density at radius 1 is 1.38 bits per heavy atom. The number of phenols is 1. The maximum Gasteiger partial charge on any atom is 0.139 e. The van der Waals surface area contributed by atoms with Crippen molar-refractivity contribution in [1.82, 2.24) is 5.32 Å². The van der Waals surface area contributed by atoms with E-state index in [2.05, 4.69) is 5.32 Å². The Labute approximate surface area is 83.5 Å². The lowest BCUT2D eigenvalue weighted by Crippen LogP contribution is -2.33. The van der Waals surface area contributed by atoms with Gasteiger partial charge in [0.25, 0.3) is 0 Å². The van der Waals surface area contributed by atoms with Crippen molar-refractivity contribution < 1.29 is 5.11 Å². The number of halogens is 1. The quantitative estimate of drug-likeness (QED) is 0.767. The van der Waals surface area contributed by atoms with Crippen LogP contribution in [0.15, 0.2) is 18.2 Å². The van der Waals surface area contributed by atoms with E-state index < -0.39 is 0 Å². The summed E-state index contributed by atoms with van der Waals surface area (Å²) in [4.78, 5) is 0. The summed E-state index contributed by atoms with van der Waals surface area (Å²) in [7, 11) is 1.85. The van der Waals surface area contributed by atoms with Crippen LogP contribution in [0.3, 0.4) is 0 Å².